The van der Waals surface area contributed by atoms with E-state index in [1.165, 1.54) is 12.1 Å². The minimum atomic E-state index is 0. The van der Waals surface area contributed by atoms with Crippen LogP contribution in [0, 0.1) is 0 Å². The Labute approximate surface area is 74.5 Å². The van der Waals surface area contributed by atoms with Crippen LogP contribution in [-0.4, -0.2) is 11.6 Å². The van der Waals surface area contributed by atoms with Crippen LogP contribution in [-0.2, 0) is 21.9 Å². The first-order chi connectivity index (χ1) is 4.83. The number of hydrogen-bond donors (Lipinski definition) is 1. The van der Waals surface area contributed by atoms with Crippen molar-refractivity contribution in [1.29, 1.82) is 0 Å². The molecule has 0 heterocycles. The second-order valence-corrected chi connectivity index (χ2v) is 1.71. The average Bonchev–Trinajstić information content (AvgIpc) is 1.88. The molecule has 0 amide bonds. The molecular weight excluding hydrogens is 188 g/mol. The summed E-state index contributed by atoms with van der Waals surface area (Å²) in [5, 5.41) is 8.84. The van der Waals surface area contributed by atoms with E-state index in [2.05, 4.69) is 4.74 Å². The van der Waals surface area contributed by atoms with Gasteiger partial charge in [0.2, 0.25) is 0 Å². The topological polar surface area (TPSA) is 46.5 Å². The van der Waals surface area contributed by atoms with Gasteiger partial charge in [0.15, 0.2) is 0 Å². The number of carbonyl (C=O) groups excluding carboxylic acids is 1. The van der Waals surface area contributed by atoms with Gasteiger partial charge >= 0.3 is 0 Å². The molecule has 4 heteroatoms. The first kappa shape index (κ1) is 10.0. The monoisotopic (exact) mass is 194 g/mol. The molecule has 1 rings (SSSR count). The van der Waals surface area contributed by atoms with Crippen LogP contribution in [0.15, 0.2) is 24.3 Å². The Bertz CT molecular complexity index is 237. The number of hydrogen-bond acceptors (Lipinski definition) is 3. The van der Waals surface area contributed by atoms with E-state index in [0.717, 1.165) is 0 Å². The smallest absolute Gasteiger partial charge is 0.298 e. The molecule has 0 saturated carbocycles. The third-order valence-corrected chi connectivity index (χ3v) is 1.00. The zero-order valence-corrected chi connectivity index (χ0v) is 6.61. The molecule has 0 spiro atoms. The van der Waals surface area contributed by atoms with Gasteiger partial charge < -0.3 is 9.84 Å². The molecule has 0 aliphatic carbocycles. The molecule has 0 radical (unpaired) electrons. The quantitative estimate of drug-likeness (QED) is 0.562. The van der Waals surface area contributed by atoms with E-state index in [1.807, 2.05) is 0 Å². The van der Waals surface area contributed by atoms with E-state index >= 15 is 0 Å². The molecule has 1 aromatic rings. The number of aromatic hydroxyl groups is 1. The van der Waals surface area contributed by atoms with Crippen molar-refractivity contribution >= 4 is 6.47 Å². The van der Waals surface area contributed by atoms with Gasteiger partial charge in [-0.1, -0.05) is 6.07 Å². The van der Waals surface area contributed by atoms with Crippen LogP contribution in [0.25, 0.3) is 0 Å². The van der Waals surface area contributed by atoms with E-state index in [9.17, 15) is 4.79 Å². The number of rotatable bonds is 2. The molecule has 0 aliphatic rings. The molecule has 0 atom stereocenters. The first-order valence-corrected chi connectivity index (χ1v) is 2.72. The van der Waals surface area contributed by atoms with E-state index in [1.54, 1.807) is 12.1 Å². The summed E-state index contributed by atoms with van der Waals surface area (Å²) < 4.78 is 4.45. The Balaban J connectivity index is 0.000001000. The third kappa shape index (κ3) is 3.07. The van der Waals surface area contributed by atoms with Crippen molar-refractivity contribution in [3.05, 3.63) is 24.3 Å². The zero-order valence-electron chi connectivity index (χ0n) is 5.50. The molecule has 1 N–H and O–H groups in total. The van der Waals surface area contributed by atoms with Crippen molar-refractivity contribution in [2.75, 3.05) is 0 Å². The fourth-order valence-corrected chi connectivity index (χ4v) is 0.612. The first-order valence-electron chi connectivity index (χ1n) is 2.72. The van der Waals surface area contributed by atoms with Crippen LogP contribution in [0.4, 0.5) is 0 Å². The van der Waals surface area contributed by atoms with Crippen molar-refractivity contribution in [2.24, 2.45) is 0 Å². The van der Waals surface area contributed by atoms with Gasteiger partial charge in [-0.15, -0.1) is 0 Å². The summed E-state index contributed by atoms with van der Waals surface area (Å²) in [6.07, 6.45) is 0. The number of phenols is 1. The molecule has 0 bridgehead atoms. The fraction of sp³-hybridized carbons (Fsp3) is 0. The maximum atomic E-state index is 9.78. The zero-order chi connectivity index (χ0) is 7.40. The molecular formula is C7H6FeO3. The standard InChI is InChI=1S/C7H6O3.Fe/c8-5-10-7-3-1-2-6(9)4-7;/h1-5,9H;. The summed E-state index contributed by atoms with van der Waals surface area (Å²) >= 11 is 0. The van der Waals surface area contributed by atoms with Crippen molar-refractivity contribution in [2.45, 2.75) is 0 Å². The minimum Gasteiger partial charge on any atom is -0.508 e. The van der Waals surface area contributed by atoms with E-state index < -0.39 is 0 Å². The van der Waals surface area contributed by atoms with Gasteiger partial charge in [-0.2, -0.15) is 0 Å². The summed E-state index contributed by atoms with van der Waals surface area (Å²) in [5.74, 6) is 0.425. The molecule has 3 nitrogen and oxygen atoms in total. The van der Waals surface area contributed by atoms with Gasteiger partial charge in [-0.05, 0) is 12.1 Å². The second-order valence-electron chi connectivity index (χ2n) is 1.71. The molecule has 60 valence electrons. The number of ether oxygens (including phenoxy) is 1. The summed E-state index contributed by atoms with van der Waals surface area (Å²) in [6, 6.07) is 6.02. The Morgan fingerprint density at radius 1 is 1.45 bits per heavy atom. The third-order valence-electron chi connectivity index (χ3n) is 1.00. The molecule has 0 unspecified atom stereocenters. The normalized spacial score (nSPS) is 8.00. The number of benzene rings is 1. The number of phenolic OH excluding ortho intramolecular Hbond substituents is 1. The van der Waals surface area contributed by atoms with Crippen molar-refractivity contribution < 1.29 is 31.7 Å². The molecule has 11 heavy (non-hydrogen) atoms. The van der Waals surface area contributed by atoms with Crippen LogP contribution in [0.3, 0.4) is 0 Å². The predicted molar refractivity (Wildman–Crippen MR) is 34.8 cm³/mol. The van der Waals surface area contributed by atoms with E-state index in [-0.39, 0.29) is 22.8 Å². The summed E-state index contributed by atoms with van der Waals surface area (Å²) in [4.78, 5) is 9.78. The van der Waals surface area contributed by atoms with Gasteiger partial charge in [0.25, 0.3) is 6.47 Å². The van der Waals surface area contributed by atoms with Gasteiger partial charge in [0.1, 0.15) is 11.5 Å². The predicted octanol–water partition coefficient (Wildman–Crippen LogP) is 0.925. The molecule has 0 aliphatic heterocycles. The van der Waals surface area contributed by atoms with Gasteiger partial charge in [-0.25, -0.2) is 0 Å². The summed E-state index contributed by atoms with van der Waals surface area (Å²) in [7, 11) is 0. The Hall–Kier alpha value is -0.991. The van der Waals surface area contributed by atoms with Gasteiger partial charge in [-0.3, -0.25) is 4.79 Å². The van der Waals surface area contributed by atoms with Gasteiger partial charge in [0, 0.05) is 23.1 Å². The van der Waals surface area contributed by atoms with Crippen LogP contribution < -0.4 is 4.74 Å². The Morgan fingerprint density at radius 3 is 2.73 bits per heavy atom. The van der Waals surface area contributed by atoms with E-state index in [4.69, 9.17) is 5.11 Å². The van der Waals surface area contributed by atoms with Crippen LogP contribution in [0.1, 0.15) is 0 Å². The largest absolute Gasteiger partial charge is 0.508 e. The maximum absolute atomic E-state index is 9.78. The van der Waals surface area contributed by atoms with Crippen LogP contribution >= 0.6 is 0 Å². The van der Waals surface area contributed by atoms with Gasteiger partial charge in [0.05, 0.1) is 0 Å². The molecule has 0 aromatic heterocycles. The molecule has 1 aromatic carbocycles. The Kier molecular flexibility index (Phi) is 4.34. The fourth-order valence-electron chi connectivity index (χ4n) is 0.612. The van der Waals surface area contributed by atoms with E-state index in [0.29, 0.717) is 12.2 Å². The van der Waals surface area contributed by atoms with Crippen molar-refractivity contribution in [1.82, 2.24) is 0 Å². The summed E-state index contributed by atoms with van der Waals surface area (Å²) in [5.41, 5.74) is 0. The Morgan fingerprint density at radius 2 is 2.18 bits per heavy atom. The number of carbonyl (C=O) groups is 1. The SMILES string of the molecule is O=COc1cccc(O)c1.[Fe]. The second kappa shape index (κ2) is 4.77. The average molecular weight is 194 g/mol. The van der Waals surface area contributed by atoms with Crippen LogP contribution in [0.2, 0.25) is 0 Å². The maximum Gasteiger partial charge on any atom is 0.298 e. The molecule has 0 fully saturated rings. The van der Waals surface area contributed by atoms with Crippen molar-refractivity contribution in [3.63, 3.8) is 0 Å². The van der Waals surface area contributed by atoms with Crippen LogP contribution in [0.5, 0.6) is 11.5 Å². The van der Waals surface area contributed by atoms with Crippen molar-refractivity contribution in [3.8, 4) is 11.5 Å². The molecule has 0 saturated heterocycles. The minimum absolute atomic E-state index is 0. The summed E-state index contributed by atoms with van der Waals surface area (Å²) in [6.45, 7) is 0.314.